The van der Waals surface area contributed by atoms with Crippen molar-refractivity contribution in [3.63, 3.8) is 0 Å². The van der Waals surface area contributed by atoms with E-state index in [0.717, 1.165) is 11.1 Å². The van der Waals surface area contributed by atoms with E-state index in [2.05, 4.69) is 27.2 Å². The SMILES string of the molecule is CC(C)CN(C(=O)c1ccc(C#Cc2ccc(-c3cc(C(=O)NN)c4cnccc4n3)cc2)cc1)C(Cc1ccc(O)cc1)C(=O)O. The Morgan fingerprint density at radius 2 is 1.55 bits per heavy atom. The Bertz CT molecular complexity index is 1980. The number of phenolic OH excluding ortho intramolecular Hbond substituents is 1. The van der Waals surface area contributed by atoms with Gasteiger partial charge in [-0.25, -0.2) is 15.6 Å². The minimum Gasteiger partial charge on any atom is -0.508 e. The van der Waals surface area contributed by atoms with E-state index in [1.807, 2.05) is 38.1 Å². The Hall–Kier alpha value is -6.05. The van der Waals surface area contributed by atoms with E-state index in [4.69, 9.17) is 5.84 Å². The van der Waals surface area contributed by atoms with E-state index >= 15 is 0 Å². The lowest BCUT2D eigenvalue weighted by Gasteiger charge is -2.31. The number of fused-ring (bicyclic) bond motifs is 1. The Labute approximate surface area is 271 Å². The summed E-state index contributed by atoms with van der Waals surface area (Å²) in [4.78, 5) is 48.5. The van der Waals surface area contributed by atoms with Gasteiger partial charge in [0.1, 0.15) is 11.8 Å². The molecule has 0 saturated carbocycles. The summed E-state index contributed by atoms with van der Waals surface area (Å²) in [5.74, 6) is 9.81. The number of benzene rings is 3. The van der Waals surface area contributed by atoms with Crippen molar-refractivity contribution in [3.8, 4) is 28.8 Å². The molecule has 10 nitrogen and oxygen atoms in total. The summed E-state index contributed by atoms with van der Waals surface area (Å²) in [6.07, 6.45) is 3.29. The maximum Gasteiger partial charge on any atom is 0.326 e. The monoisotopic (exact) mass is 627 g/mol. The molecule has 47 heavy (non-hydrogen) atoms. The summed E-state index contributed by atoms with van der Waals surface area (Å²) < 4.78 is 0. The Kier molecular flexibility index (Phi) is 9.89. The van der Waals surface area contributed by atoms with Crippen LogP contribution in [0.3, 0.4) is 0 Å². The average Bonchev–Trinajstić information content (AvgIpc) is 3.08. The zero-order valence-corrected chi connectivity index (χ0v) is 25.8. The second-order valence-electron chi connectivity index (χ2n) is 11.4. The highest BCUT2D eigenvalue weighted by atomic mass is 16.4. The lowest BCUT2D eigenvalue weighted by atomic mass is 10.0. The Morgan fingerprint density at radius 3 is 2.15 bits per heavy atom. The van der Waals surface area contributed by atoms with Crippen molar-refractivity contribution in [2.45, 2.75) is 26.3 Å². The summed E-state index contributed by atoms with van der Waals surface area (Å²) in [5.41, 5.74) is 7.04. The first-order chi connectivity index (χ1) is 22.6. The number of nitrogens with zero attached hydrogens (tertiary/aromatic N) is 3. The van der Waals surface area contributed by atoms with Crippen molar-refractivity contribution >= 4 is 28.7 Å². The van der Waals surface area contributed by atoms with Gasteiger partial charge < -0.3 is 15.1 Å². The summed E-state index contributed by atoms with van der Waals surface area (Å²) in [6.45, 7) is 4.12. The van der Waals surface area contributed by atoms with Crippen LogP contribution in [0.4, 0.5) is 0 Å². The second kappa shape index (κ2) is 14.4. The van der Waals surface area contributed by atoms with Crippen LogP contribution in [0.2, 0.25) is 0 Å². The number of nitrogens with two attached hydrogens (primary N) is 1. The zero-order chi connectivity index (χ0) is 33.5. The van der Waals surface area contributed by atoms with E-state index in [9.17, 15) is 24.6 Å². The number of carbonyl (C=O) groups excluding carboxylic acids is 2. The fraction of sp³-hybridized carbons (Fsp3) is 0.162. The van der Waals surface area contributed by atoms with Crippen LogP contribution in [0.15, 0.2) is 97.3 Å². The average molecular weight is 628 g/mol. The molecule has 5 aromatic rings. The van der Waals surface area contributed by atoms with Crippen molar-refractivity contribution in [2.75, 3.05) is 6.54 Å². The fourth-order valence-corrected chi connectivity index (χ4v) is 5.14. The van der Waals surface area contributed by atoms with Gasteiger partial charge in [-0.05, 0) is 72.1 Å². The van der Waals surface area contributed by atoms with Crippen LogP contribution in [0.5, 0.6) is 5.75 Å². The molecular weight excluding hydrogens is 594 g/mol. The third kappa shape index (κ3) is 7.79. The Balaban J connectivity index is 1.33. The molecular formula is C37H33N5O5. The number of amides is 2. The highest BCUT2D eigenvalue weighted by Gasteiger charge is 2.31. The van der Waals surface area contributed by atoms with Crippen molar-refractivity contribution in [1.82, 2.24) is 20.3 Å². The number of nitrogens with one attached hydrogen (secondary N) is 1. The molecule has 5 rings (SSSR count). The van der Waals surface area contributed by atoms with Crippen molar-refractivity contribution in [3.05, 3.63) is 125 Å². The molecule has 0 fully saturated rings. The predicted molar refractivity (Wildman–Crippen MR) is 178 cm³/mol. The molecule has 3 aromatic carbocycles. The van der Waals surface area contributed by atoms with Crippen molar-refractivity contribution in [2.24, 2.45) is 11.8 Å². The number of aliphatic carboxylic acids is 1. The number of hydrazine groups is 1. The molecule has 1 unspecified atom stereocenters. The number of aromatic hydroxyl groups is 1. The van der Waals surface area contributed by atoms with Crippen molar-refractivity contribution < 1.29 is 24.6 Å². The molecule has 0 radical (unpaired) electrons. The molecule has 2 aromatic heterocycles. The fourth-order valence-electron chi connectivity index (χ4n) is 5.14. The molecule has 10 heteroatoms. The number of hydrogen-bond acceptors (Lipinski definition) is 7. The molecule has 0 bridgehead atoms. The molecule has 236 valence electrons. The van der Waals surface area contributed by atoms with Crippen LogP contribution >= 0.6 is 0 Å². The maximum absolute atomic E-state index is 13.6. The largest absolute Gasteiger partial charge is 0.508 e. The topological polar surface area (TPSA) is 159 Å². The van der Waals surface area contributed by atoms with Gasteiger partial charge in [0.2, 0.25) is 0 Å². The maximum atomic E-state index is 13.6. The van der Waals surface area contributed by atoms with Crippen LogP contribution in [0, 0.1) is 17.8 Å². The van der Waals surface area contributed by atoms with Crippen LogP contribution in [-0.2, 0) is 11.2 Å². The van der Waals surface area contributed by atoms with Gasteiger partial charge in [0, 0.05) is 53.0 Å². The summed E-state index contributed by atoms with van der Waals surface area (Å²) in [6, 6.07) is 22.8. The van der Waals surface area contributed by atoms with Gasteiger partial charge in [-0.15, -0.1) is 0 Å². The van der Waals surface area contributed by atoms with E-state index in [-0.39, 0.29) is 30.5 Å². The van der Waals surface area contributed by atoms with Gasteiger partial charge in [-0.3, -0.25) is 20.0 Å². The van der Waals surface area contributed by atoms with Gasteiger partial charge in [0.15, 0.2) is 0 Å². The third-order valence-corrected chi connectivity index (χ3v) is 7.50. The molecule has 0 aliphatic rings. The number of phenols is 1. The number of carbonyl (C=O) groups is 3. The van der Waals surface area contributed by atoms with Gasteiger partial charge in [0.05, 0.1) is 16.8 Å². The quantitative estimate of drug-likeness (QED) is 0.0785. The standard InChI is InChI=1S/C37H33N5O5/c1-23(2)22-42(34(37(46)47)19-26-9-15-29(43)16-10-26)36(45)28-13-7-25(8-14-28)4-3-24-5-11-27(12-6-24)33-20-30(35(44)41-38)31-21-39-18-17-32(31)40-33/h5-18,20-21,23,34,43H,19,22,38H2,1-2H3,(H,41,44)(H,46,47). The molecule has 5 N–H and O–H groups in total. The van der Waals surface area contributed by atoms with Gasteiger partial charge in [-0.1, -0.05) is 50.0 Å². The molecule has 2 amide bonds. The highest BCUT2D eigenvalue weighted by molar-refractivity contribution is 6.06. The van der Waals surface area contributed by atoms with Gasteiger partial charge >= 0.3 is 5.97 Å². The summed E-state index contributed by atoms with van der Waals surface area (Å²) in [5, 5.41) is 20.3. The predicted octanol–water partition coefficient (Wildman–Crippen LogP) is 4.80. The van der Waals surface area contributed by atoms with Crippen LogP contribution in [-0.4, -0.2) is 55.5 Å². The number of rotatable bonds is 9. The van der Waals surface area contributed by atoms with Crippen LogP contribution in [0.25, 0.3) is 22.2 Å². The highest BCUT2D eigenvalue weighted by Crippen LogP contribution is 2.25. The molecule has 1 atom stereocenters. The van der Waals surface area contributed by atoms with E-state index in [0.29, 0.717) is 38.9 Å². The minimum absolute atomic E-state index is 0.0407. The molecule has 0 aliphatic heterocycles. The molecule has 0 saturated heterocycles. The molecule has 2 heterocycles. The minimum atomic E-state index is -1.10. The first-order valence-electron chi connectivity index (χ1n) is 14.9. The zero-order valence-electron chi connectivity index (χ0n) is 25.8. The summed E-state index contributed by atoms with van der Waals surface area (Å²) >= 11 is 0. The van der Waals surface area contributed by atoms with Crippen LogP contribution in [0.1, 0.15) is 51.3 Å². The first kappa shape index (κ1) is 32.3. The summed E-state index contributed by atoms with van der Waals surface area (Å²) in [7, 11) is 0. The smallest absolute Gasteiger partial charge is 0.326 e. The Morgan fingerprint density at radius 1 is 0.915 bits per heavy atom. The lowest BCUT2D eigenvalue weighted by molar-refractivity contribution is -0.142. The van der Waals surface area contributed by atoms with E-state index < -0.39 is 17.9 Å². The lowest BCUT2D eigenvalue weighted by Crippen LogP contribution is -2.48. The number of aromatic nitrogens is 2. The number of hydrogen-bond donors (Lipinski definition) is 4. The van der Waals surface area contributed by atoms with Gasteiger partial charge in [0.25, 0.3) is 11.8 Å². The first-order valence-corrected chi connectivity index (χ1v) is 14.9. The third-order valence-electron chi connectivity index (χ3n) is 7.50. The van der Waals surface area contributed by atoms with Crippen molar-refractivity contribution in [1.29, 1.82) is 0 Å². The number of carboxylic acids is 1. The van der Waals surface area contributed by atoms with Crippen LogP contribution < -0.4 is 11.3 Å². The molecule has 0 aliphatic carbocycles. The van der Waals surface area contributed by atoms with E-state index in [1.165, 1.54) is 17.0 Å². The normalized spacial score (nSPS) is 11.4. The van der Waals surface area contributed by atoms with Gasteiger partial charge in [-0.2, -0.15) is 0 Å². The number of pyridine rings is 2. The molecule has 0 spiro atoms. The second-order valence-corrected chi connectivity index (χ2v) is 11.4. The number of carboxylic acid groups (broad SMARTS) is 1. The number of nitrogen functional groups attached to an aromatic ring is 1. The van der Waals surface area contributed by atoms with E-state index in [1.54, 1.807) is 60.9 Å².